The van der Waals surface area contributed by atoms with Crippen molar-refractivity contribution in [3.8, 4) is 0 Å². The highest BCUT2D eigenvalue weighted by Gasteiger charge is 2.16. The van der Waals surface area contributed by atoms with Crippen molar-refractivity contribution in [1.82, 2.24) is 5.43 Å². The predicted octanol–water partition coefficient (Wildman–Crippen LogP) is 1.99. The van der Waals surface area contributed by atoms with Gasteiger partial charge in [0, 0.05) is 6.08 Å². The summed E-state index contributed by atoms with van der Waals surface area (Å²) in [6, 6.07) is 0. The Morgan fingerprint density at radius 1 is 0.870 bits per heavy atom. The first kappa shape index (κ1) is 24.9. The zero-order chi connectivity index (χ0) is 16.7. The summed E-state index contributed by atoms with van der Waals surface area (Å²) in [7, 11) is 4.06. The van der Waals surface area contributed by atoms with E-state index in [9.17, 15) is 4.79 Å². The van der Waals surface area contributed by atoms with Crippen LogP contribution in [0.15, 0.2) is 12.7 Å². The van der Waals surface area contributed by atoms with Gasteiger partial charge in [0.1, 0.15) is 6.54 Å². The molecule has 0 unspecified atom stereocenters. The Labute approximate surface area is 155 Å². The van der Waals surface area contributed by atoms with Gasteiger partial charge in [-0.1, -0.05) is 77.7 Å². The molecule has 0 aromatic rings. The molecule has 0 fully saturated rings. The molecule has 0 radical (unpaired) electrons. The standard InChI is InChI=1S/C19H38N2O.BrH/c1-5-7-8-9-10-11-12-13-14-15-16-17-18-21(3,4)20-19(22)6-2;/h6H,2,5,7-18H2,1,3-4H3;1H. The minimum atomic E-state index is -0.0936. The Morgan fingerprint density at radius 2 is 1.26 bits per heavy atom. The van der Waals surface area contributed by atoms with Gasteiger partial charge < -0.3 is 17.0 Å². The summed E-state index contributed by atoms with van der Waals surface area (Å²) in [6.45, 7) is 6.74. The van der Waals surface area contributed by atoms with Crippen LogP contribution in [0.4, 0.5) is 0 Å². The van der Waals surface area contributed by atoms with E-state index in [1.165, 1.54) is 83.1 Å². The van der Waals surface area contributed by atoms with Crippen molar-refractivity contribution < 1.29 is 26.4 Å². The molecule has 1 N–H and O–H groups in total. The fraction of sp³-hybridized carbons (Fsp3) is 0.842. The van der Waals surface area contributed by atoms with Crippen LogP contribution in [0.25, 0.3) is 0 Å². The topological polar surface area (TPSA) is 29.1 Å². The van der Waals surface area contributed by atoms with Crippen molar-refractivity contribution in [2.45, 2.75) is 84.0 Å². The quantitative estimate of drug-likeness (QED) is 0.197. The smallest absolute Gasteiger partial charge is 0.288 e. The van der Waals surface area contributed by atoms with Gasteiger partial charge in [0.05, 0.1) is 14.1 Å². The van der Waals surface area contributed by atoms with Crippen LogP contribution in [0, 0.1) is 0 Å². The first-order valence-corrected chi connectivity index (χ1v) is 9.29. The molecule has 3 nitrogen and oxygen atoms in total. The van der Waals surface area contributed by atoms with E-state index >= 15 is 0 Å². The molecule has 4 heteroatoms. The maximum absolute atomic E-state index is 11.3. The molecule has 0 aliphatic rings. The zero-order valence-electron chi connectivity index (χ0n) is 15.7. The maximum Gasteiger partial charge on any atom is 0.288 e. The van der Waals surface area contributed by atoms with E-state index in [1.807, 2.05) is 14.1 Å². The van der Waals surface area contributed by atoms with Crippen molar-refractivity contribution in [2.24, 2.45) is 0 Å². The van der Waals surface area contributed by atoms with E-state index in [0.29, 0.717) is 4.59 Å². The number of hydrogen-bond donors (Lipinski definition) is 1. The average Bonchev–Trinajstić information content (AvgIpc) is 2.47. The average molecular weight is 391 g/mol. The van der Waals surface area contributed by atoms with Gasteiger partial charge in [0.15, 0.2) is 0 Å². The van der Waals surface area contributed by atoms with Gasteiger partial charge >= 0.3 is 0 Å². The summed E-state index contributed by atoms with van der Waals surface area (Å²) in [5.74, 6) is -0.0936. The fourth-order valence-corrected chi connectivity index (χ4v) is 2.75. The van der Waals surface area contributed by atoms with Crippen molar-refractivity contribution >= 4 is 5.91 Å². The lowest BCUT2D eigenvalue weighted by atomic mass is 10.1. The molecule has 0 aliphatic carbocycles. The number of quaternary nitrogens is 1. The highest BCUT2D eigenvalue weighted by atomic mass is 79.9. The van der Waals surface area contributed by atoms with Crippen LogP contribution in [-0.2, 0) is 4.79 Å². The molecule has 0 aliphatic heterocycles. The van der Waals surface area contributed by atoms with Gasteiger partial charge in [-0.3, -0.25) is 4.79 Å². The molecule has 0 aromatic heterocycles. The van der Waals surface area contributed by atoms with Crippen LogP contribution >= 0.6 is 0 Å². The van der Waals surface area contributed by atoms with Gasteiger partial charge in [-0.2, -0.15) is 5.43 Å². The van der Waals surface area contributed by atoms with E-state index < -0.39 is 0 Å². The van der Waals surface area contributed by atoms with Crippen molar-refractivity contribution in [1.29, 1.82) is 0 Å². The Kier molecular flexibility index (Phi) is 17.9. The number of halogens is 1. The van der Waals surface area contributed by atoms with Crippen molar-refractivity contribution in [3.63, 3.8) is 0 Å². The number of rotatable bonds is 15. The van der Waals surface area contributed by atoms with Gasteiger partial charge in [-0.15, -0.1) is 0 Å². The SMILES string of the molecule is C=CC(=O)N[N+](C)(C)CCCCCCCCCCCCCC.[Br-]. The first-order chi connectivity index (χ1) is 10.5. The zero-order valence-corrected chi connectivity index (χ0v) is 17.3. The lowest BCUT2D eigenvalue weighted by Gasteiger charge is -2.28. The third-order valence-corrected chi connectivity index (χ3v) is 4.17. The van der Waals surface area contributed by atoms with Crippen LogP contribution in [0.1, 0.15) is 84.0 Å². The summed E-state index contributed by atoms with van der Waals surface area (Å²) >= 11 is 0. The van der Waals surface area contributed by atoms with Crippen molar-refractivity contribution in [3.05, 3.63) is 12.7 Å². The predicted molar refractivity (Wildman–Crippen MR) is 96.4 cm³/mol. The number of amides is 1. The third-order valence-electron chi connectivity index (χ3n) is 4.17. The summed E-state index contributed by atoms with van der Waals surface area (Å²) in [6.07, 6.45) is 17.7. The highest BCUT2D eigenvalue weighted by molar-refractivity contribution is 5.85. The number of carbonyl (C=O) groups excluding carboxylic acids is 1. The molecule has 0 spiro atoms. The Morgan fingerprint density at radius 3 is 1.65 bits per heavy atom. The number of nitrogens with one attached hydrogen (secondary N) is 1. The molecule has 0 bridgehead atoms. The van der Waals surface area contributed by atoms with Crippen LogP contribution < -0.4 is 22.4 Å². The fourth-order valence-electron chi connectivity index (χ4n) is 2.75. The summed E-state index contributed by atoms with van der Waals surface area (Å²) in [5.41, 5.74) is 2.93. The second kappa shape index (κ2) is 16.5. The van der Waals surface area contributed by atoms with E-state index in [4.69, 9.17) is 0 Å². The van der Waals surface area contributed by atoms with E-state index in [-0.39, 0.29) is 22.9 Å². The molecule has 0 aromatic carbocycles. The van der Waals surface area contributed by atoms with Crippen LogP contribution in [-0.4, -0.2) is 31.1 Å². The first-order valence-electron chi connectivity index (χ1n) is 9.29. The molecule has 23 heavy (non-hydrogen) atoms. The number of hydrogen-bond acceptors (Lipinski definition) is 1. The minimum absolute atomic E-state index is 0. The van der Waals surface area contributed by atoms with E-state index in [1.54, 1.807) is 0 Å². The molecule has 0 saturated heterocycles. The summed E-state index contributed by atoms with van der Waals surface area (Å²) in [4.78, 5) is 11.3. The number of unbranched alkanes of at least 4 members (excludes halogenated alkanes) is 11. The molecule has 0 rings (SSSR count). The molecule has 1 amide bonds. The van der Waals surface area contributed by atoms with Gasteiger partial charge in [0.25, 0.3) is 5.91 Å². The normalized spacial score (nSPS) is 10.9. The Bertz CT molecular complexity index is 293. The number of nitrogens with zero attached hydrogens (tertiary/aromatic N) is 1. The van der Waals surface area contributed by atoms with Gasteiger partial charge in [0.2, 0.25) is 0 Å². The van der Waals surface area contributed by atoms with Crippen LogP contribution in [0.5, 0.6) is 0 Å². The lowest BCUT2D eigenvalue weighted by Crippen LogP contribution is -3.00. The second-order valence-corrected chi connectivity index (χ2v) is 6.98. The van der Waals surface area contributed by atoms with Gasteiger partial charge in [-0.05, 0) is 12.8 Å². The highest BCUT2D eigenvalue weighted by Crippen LogP contribution is 2.12. The lowest BCUT2D eigenvalue weighted by molar-refractivity contribution is -0.925. The van der Waals surface area contributed by atoms with Crippen molar-refractivity contribution in [2.75, 3.05) is 20.6 Å². The summed E-state index contributed by atoms with van der Waals surface area (Å²) in [5, 5.41) is 0. The molecular formula is C19H39BrN2O. The van der Waals surface area contributed by atoms with Gasteiger partial charge in [-0.25, -0.2) is 4.59 Å². The Hall–Kier alpha value is -0.350. The van der Waals surface area contributed by atoms with Crippen LogP contribution in [0.2, 0.25) is 0 Å². The minimum Gasteiger partial charge on any atom is -1.00 e. The molecular weight excluding hydrogens is 352 g/mol. The molecule has 0 atom stereocenters. The molecule has 0 saturated carbocycles. The summed E-state index contributed by atoms with van der Waals surface area (Å²) < 4.78 is 0.544. The monoisotopic (exact) mass is 390 g/mol. The van der Waals surface area contributed by atoms with Crippen LogP contribution in [0.3, 0.4) is 0 Å². The third kappa shape index (κ3) is 17.8. The molecule has 138 valence electrons. The Balaban J connectivity index is 0. The van der Waals surface area contributed by atoms with E-state index in [0.717, 1.165) is 6.54 Å². The molecule has 0 heterocycles. The number of carbonyl (C=O) groups is 1. The maximum atomic E-state index is 11.3. The second-order valence-electron chi connectivity index (χ2n) is 6.98. The largest absolute Gasteiger partial charge is 1.00 e. The van der Waals surface area contributed by atoms with E-state index in [2.05, 4.69) is 18.9 Å².